The van der Waals surface area contributed by atoms with Crippen molar-refractivity contribution in [1.82, 2.24) is 24.9 Å². The van der Waals surface area contributed by atoms with Crippen LogP contribution in [0.1, 0.15) is 115 Å². The molecule has 4 fully saturated rings. The molecule has 3 aliphatic heterocycles. The summed E-state index contributed by atoms with van der Waals surface area (Å²) < 4.78 is 6.11. The highest BCUT2D eigenvalue weighted by atomic mass is 16.4. The predicted molar refractivity (Wildman–Crippen MR) is 137 cm³/mol. The van der Waals surface area contributed by atoms with Gasteiger partial charge in [-0.1, -0.05) is 33.1 Å². The zero-order chi connectivity index (χ0) is 25.1. The van der Waals surface area contributed by atoms with E-state index in [0.29, 0.717) is 30.2 Å². The molecule has 1 aromatic heterocycles. The van der Waals surface area contributed by atoms with Crippen LogP contribution in [0.2, 0.25) is 0 Å². The highest BCUT2D eigenvalue weighted by molar-refractivity contribution is 5.78. The zero-order valence-electron chi connectivity index (χ0n) is 22.4. The molecule has 8 nitrogen and oxygen atoms in total. The Kier molecular flexibility index (Phi) is 7.99. The Balaban J connectivity index is 1.25. The molecule has 5 rings (SSSR count). The Morgan fingerprint density at radius 1 is 0.917 bits per heavy atom. The van der Waals surface area contributed by atoms with Crippen LogP contribution in [0, 0.1) is 11.3 Å². The fraction of sp³-hybridized carbons (Fsp3) is 0.857. The molecule has 1 aromatic rings. The van der Waals surface area contributed by atoms with Gasteiger partial charge in [0.25, 0.3) is 0 Å². The van der Waals surface area contributed by atoms with Gasteiger partial charge in [0.2, 0.25) is 23.6 Å². The molecule has 1 saturated carbocycles. The van der Waals surface area contributed by atoms with Gasteiger partial charge in [-0.25, -0.2) is 0 Å². The van der Waals surface area contributed by atoms with E-state index in [1.807, 2.05) is 4.90 Å². The number of carbonyl (C=O) groups is 2. The van der Waals surface area contributed by atoms with Crippen molar-refractivity contribution in [3.8, 4) is 0 Å². The lowest BCUT2D eigenvalue weighted by molar-refractivity contribution is -0.134. The first-order valence-corrected chi connectivity index (χ1v) is 14.6. The SMILES string of the molecule is CC(C)c1nnc(C2CC3(CCN(C(=O)CC4CCCCC4)CC3)CN2CC(=O)N2CCCCC2)o1. The van der Waals surface area contributed by atoms with Gasteiger partial charge >= 0.3 is 0 Å². The highest BCUT2D eigenvalue weighted by Gasteiger charge is 2.49. The van der Waals surface area contributed by atoms with Gasteiger partial charge in [0, 0.05) is 45.1 Å². The summed E-state index contributed by atoms with van der Waals surface area (Å²) >= 11 is 0. The summed E-state index contributed by atoms with van der Waals surface area (Å²) in [5.74, 6) is 2.65. The molecule has 4 heterocycles. The Morgan fingerprint density at radius 2 is 1.58 bits per heavy atom. The Bertz CT molecular complexity index is 895. The van der Waals surface area contributed by atoms with Gasteiger partial charge < -0.3 is 14.2 Å². The number of likely N-dealkylation sites (tertiary alicyclic amines) is 3. The molecule has 1 aliphatic carbocycles. The minimum atomic E-state index is -0.0248. The topological polar surface area (TPSA) is 82.8 Å². The Morgan fingerprint density at radius 3 is 2.25 bits per heavy atom. The molecule has 4 aliphatic rings. The van der Waals surface area contributed by atoms with Gasteiger partial charge in [-0.3, -0.25) is 14.5 Å². The molecule has 1 atom stereocenters. The number of amides is 2. The number of rotatable bonds is 6. The van der Waals surface area contributed by atoms with Crippen LogP contribution >= 0.6 is 0 Å². The molecular weight excluding hydrogens is 454 g/mol. The third-order valence-electron chi connectivity index (χ3n) is 9.25. The molecule has 3 saturated heterocycles. The molecule has 2 amide bonds. The van der Waals surface area contributed by atoms with Gasteiger partial charge in [-0.05, 0) is 62.7 Å². The van der Waals surface area contributed by atoms with E-state index in [0.717, 1.165) is 71.2 Å². The summed E-state index contributed by atoms with van der Waals surface area (Å²) in [4.78, 5) is 32.7. The predicted octanol–water partition coefficient (Wildman–Crippen LogP) is 4.53. The van der Waals surface area contributed by atoms with Crippen LogP contribution in [0.3, 0.4) is 0 Å². The van der Waals surface area contributed by atoms with Crippen LogP contribution in [0.15, 0.2) is 4.42 Å². The van der Waals surface area contributed by atoms with E-state index in [2.05, 4.69) is 33.8 Å². The lowest BCUT2D eigenvalue weighted by Crippen LogP contribution is -2.46. The van der Waals surface area contributed by atoms with Crippen molar-refractivity contribution in [3.63, 3.8) is 0 Å². The quantitative estimate of drug-likeness (QED) is 0.572. The van der Waals surface area contributed by atoms with Crippen molar-refractivity contribution in [1.29, 1.82) is 0 Å². The molecule has 8 heteroatoms. The summed E-state index contributed by atoms with van der Waals surface area (Å²) in [6, 6.07) is -0.0248. The number of nitrogens with zero attached hydrogens (tertiary/aromatic N) is 5. The van der Waals surface area contributed by atoms with Crippen LogP contribution < -0.4 is 0 Å². The second kappa shape index (κ2) is 11.2. The molecule has 0 aromatic carbocycles. The number of carbonyl (C=O) groups excluding carboxylic acids is 2. The zero-order valence-corrected chi connectivity index (χ0v) is 22.4. The second-order valence-corrected chi connectivity index (χ2v) is 12.3. The van der Waals surface area contributed by atoms with E-state index in [9.17, 15) is 9.59 Å². The molecule has 0 radical (unpaired) electrons. The van der Waals surface area contributed by atoms with Crippen LogP contribution in [0.5, 0.6) is 0 Å². The monoisotopic (exact) mass is 499 g/mol. The van der Waals surface area contributed by atoms with Gasteiger partial charge in [-0.2, -0.15) is 0 Å². The van der Waals surface area contributed by atoms with Crippen molar-refractivity contribution in [2.45, 2.75) is 103 Å². The van der Waals surface area contributed by atoms with Gasteiger partial charge in [0.1, 0.15) is 0 Å². The van der Waals surface area contributed by atoms with Crippen molar-refractivity contribution in [2.24, 2.45) is 11.3 Å². The molecule has 200 valence electrons. The average molecular weight is 500 g/mol. The van der Waals surface area contributed by atoms with E-state index in [1.165, 1.54) is 38.5 Å². The van der Waals surface area contributed by atoms with E-state index in [4.69, 9.17) is 4.42 Å². The smallest absolute Gasteiger partial charge is 0.236 e. The third kappa shape index (κ3) is 5.79. The third-order valence-corrected chi connectivity index (χ3v) is 9.25. The Hall–Kier alpha value is -1.96. The summed E-state index contributed by atoms with van der Waals surface area (Å²) in [5.41, 5.74) is 0.0981. The van der Waals surface area contributed by atoms with Gasteiger partial charge in [-0.15, -0.1) is 10.2 Å². The minimum Gasteiger partial charge on any atom is -0.423 e. The molecule has 1 unspecified atom stereocenters. The summed E-state index contributed by atoms with van der Waals surface area (Å²) in [5, 5.41) is 8.72. The maximum absolute atomic E-state index is 13.2. The number of aromatic nitrogens is 2. The van der Waals surface area contributed by atoms with Crippen LogP contribution in [0.25, 0.3) is 0 Å². The highest BCUT2D eigenvalue weighted by Crippen LogP contribution is 2.49. The molecule has 0 N–H and O–H groups in total. The first kappa shape index (κ1) is 25.7. The van der Waals surface area contributed by atoms with Crippen molar-refractivity contribution in [3.05, 3.63) is 11.8 Å². The van der Waals surface area contributed by atoms with Crippen LogP contribution in [-0.4, -0.2) is 76.0 Å². The number of hydrogen-bond acceptors (Lipinski definition) is 6. The maximum Gasteiger partial charge on any atom is 0.236 e. The van der Waals surface area contributed by atoms with Crippen LogP contribution in [-0.2, 0) is 9.59 Å². The number of hydrogen-bond donors (Lipinski definition) is 0. The van der Waals surface area contributed by atoms with Crippen molar-refractivity contribution in [2.75, 3.05) is 39.3 Å². The fourth-order valence-corrected chi connectivity index (χ4v) is 6.95. The largest absolute Gasteiger partial charge is 0.423 e. The van der Waals surface area contributed by atoms with Gasteiger partial charge in [0.15, 0.2) is 0 Å². The maximum atomic E-state index is 13.2. The number of piperidine rings is 2. The average Bonchev–Trinajstić information content (AvgIpc) is 3.51. The van der Waals surface area contributed by atoms with Crippen molar-refractivity contribution < 1.29 is 14.0 Å². The first-order valence-electron chi connectivity index (χ1n) is 14.6. The first-order chi connectivity index (χ1) is 17.4. The molecule has 36 heavy (non-hydrogen) atoms. The van der Waals surface area contributed by atoms with Crippen molar-refractivity contribution >= 4 is 11.8 Å². The second-order valence-electron chi connectivity index (χ2n) is 12.3. The molecule has 1 spiro atoms. The summed E-state index contributed by atoms with van der Waals surface area (Å²) in [6.45, 7) is 8.80. The lowest BCUT2D eigenvalue weighted by atomic mass is 9.76. The summed E-state index contributed by atoms with van der Waals surface area (Å²) in [7, 11) is 0. The Labute approximate surface area is 216 Å². The van der Waals surface area contributed by atoms with Crippen LogP contribution in [0.4, 0.5) is 0 Å². The van der Waals surface area contributed by atoms with E-state index < -0.39 is 0 Å². The van der Waals surface area contributed by atoms with Gasteiger partial charge in [0.05, 0.1) is 12.6 Å². The normalized spacial score (nSPS) is 25.7. The van der Waals surface area contributed by atoms with E-state index in [-0.39, 0.29) is 23.3 Å². The molecule has 0 bridgehead atoms. The minimum absolute atomic E-state index is 0.0248. The lowest BCUT2D eigenvalue weighted by Gasteiger charge is -2.40. The standard InChI is InChI=1S/C28H45N5O3/c1-21(2)26-29-30-27(36-26)23-18-28(20-33(23)19-25(35)31-13-7-4-8-14-31)11-15-32(16-12-28)24(34)17-22-9-5-3-6-10-22/h21-23H,3-20H2,1-2H3. The summed E-state index contributed by atoms with van der Waals surface area (Å²) in [6.07, 6.45) is 13.4. The van der Waals surface area contributed by atoms with E-state index >= 15 is 0 Å². The molecular formula is C28H45N5O3. The van der Waals surface area contributed by atoms with E-state index in [1.54, 1.807) is 0 Å². The fourth-order valence-electron chi connectivity index (χ4n) is 6.95.